The SMILES string of the molecule is Cc1nn2c(=O)cc(COC(=O)c3cccc(NC(=O)c4cccc(F)c4)c3)nc2s1. The minimum Gasteiger partial charge on any atom is -0.456 e. The van der Waals surface area contributed by atoms with Crippen LogP contribution in [-0.4, -0.2) is 26.5 Å². The van der Waals surface area contributed by atoms with E-state index in [0.29, 0.717) is 21.3 Å². The number of aryl methyl sites for hydroxylation is 1. The van der Waals surface area contributed by atoms with E-state index in [1.54, 1.807) is 19.1 Å². The zero-order valence-electron chi connectivity index (χ0n) is 16.2. The summed E-state index contributed by atoms with van der Waals surface area (Å²) in [5, 5.41) is 7.35. The third-order valence-corrected chi connectivity index (χ3v) is 5.02. The van der Waals surface area contributed by atoms with Gasteiger partial charge in [-0.2, -0.15) is 9.61 Å². The summed E-state index contributed by atoms with van der Waals surface area (Å²) < 4.78 is 19.8. The highest BCUT2D eigenvalue weighted by Gasteiger charge is 2.13. The number of anilines is 1. The average molecular weight is 438 g/mol. The molecule has 1 amide bonds. The van der Waals surface area contributed by atoms with E-state index < -0.39 is 17.7 Å². The van der Waals surface area contributed by atoms with Crippen molar-refractivity contribution in [2.24, 2.45) is 0 Å². The van der Waals surface area contributed by atoms with Crippen LogP contribution < -0.4 is 10.9 Å². The zero-order valence-corrected chi connectivity index (χ0v) is 17.0. The standard InChI is InChI=1S/C21H15FN4O4S/c1-12-25-26-18(27)10-17(24-21(26)31-12)11-30-20(29)14-5-3-7-16(9-14)23-19(28)13-4-2-6-15(22)8-13/h2-10H,11H2,1H3,(H,23,28). The molecule has 1 N–H and O–H groups in total. The molecule has 0 unspecified atom stereocenters. The largest absolute Gasteiger partial charge is 0.456 e. The maximum atomic E-state index is 13.3. The number of amides is 1. The molecule has 2 heterocycles. The van der Waals surface area contributed by atoms with Crippen molar-refractivity contribution in [1.82, 2.24) is 14.6 Å². The van der Waals surface area contributed by atoms with Gasteiger partial charge >= 0.3 is 5.97 Å². The molecule has 10 heteroatoms. The number of esters is 1. The first-order valence-electron chi connectivity index (χ1n) is 9.09. The van der Waals surface area contributed by atoms with Crippen molar-refractivity contribution in [3.05, 3.63) is 92.6 Å². The van der Waals surface area contributed by atoms with Gasteiger partial charge in [-0.25, -0.2) is 14.2 Å². The van der Waals surface area contributed by atoms with Gasteiger partial charge in [0, 0.05) is 17.3 Å². The summed E-state index contributed by atoms with van der Waals surface area (Å²) in [6.07, 6.45) is 0. The average Bonchev–Trinajstić information content (AvgIpc) is 3.13. The summed E-state index contributed by atoms with van der Waals surface area (Å²) >= 11 is 1.25. The summed E-state index contributed by atoms with van der Waals surface area (Å²) in [6, 6.07) is 12.7. The number of benzene rings is 2. The normalized spacial score (nSPS) is 10.8. The predicted octanol–water partition coefficient (Wildman–Crippen LogP) is 3.21. The summed E-state index contributed by atoms with van der Waals surface area (Å²) in [6.45, 7) is 1.57. The van der Waals surface area contributed by atoms with Crippen LogP contribution in [0.1, 0.15) is 31.4 Å². The Morgan fingerprint density at radius 1 is 1.13 bits per heavy atom. The van der Waals surface area contributed by atoms with Crippen molar-refractivity contribution < 1.29 is 18.7 Å². The molecule has 4 aromatic rings. The number of aromatic nitrogens is 3. The van der Waals surface area contributed by atoms with Gasteiger partial charge in [0.1, 0.15) is 17.4 Å². The Labute approximate surface area is 178 Å². The van der Waals surface area contributed by atoms with E-state index in [-0.39, 0.29) is 23.3 Å². The number of nitrogens with one attached hydrogen (secondary N) is 1. The molecule has 0 saturated heterocycles. The van der Waals surface area contributed by atoms with Crippen molar-refractivity contribution in [3.63, 3.8) is 0 Å². The number of halogens is 1. The molecule has 31 heavy (non-hydrogen) atoms. The molecule has 156 valence electrons. The maximum Gasteiger partial charge on any atom is 0.338 e. The first-order valence-corrected chi connectivity index (χ1v) is 9.91. The highest BCUT2D eigenvalue weighted by molar-refractivity contribution is 7.16. The molecule has 4 rings (SSSR count). The molecule has 0 atom stereocenters. The second-order valence-electron chi connectivity index (χ2n) is 6.52. The number of carbonyl (C=O) groups excluding carboxylic acids is 2. The van der Waals surface area contributed by atoms with Crippen molar-refractivity contribution in [3.8, 4) is 0 Å². The smallest absolute Gasteiger partial charge is 0.338 e. The Hall–Kier alpha value is -3.92. The lowest BCUT2D eigenvalue weighted by molar-refractivity contribution is 0.0467. The maximum absolute atomic E-state index is 13.3. The minimum atomic E-state index is -0.649. The zero-order chi connectivity index (χ0) is 22.0. The van der Waals surface area contributed by atoms with Crippen LogP contribution in [0.5, 0.6) is 0 Å². The summed E-state index contributed by atoms with van der Waals surface area (Å²) in [7, 11) is 0. The molecule has 2 aromatic heterocycles. The van der Waals surface area contributed by atoms with E-state index in [1.165, 1.54) is 52.3 Å². The van der Waals surface area contributed by atoms with Crippen molar-refractivity contribution in [2.75, 3.05) is 5.32 Å². The Kier molecular flexibility index (Phi) is 5.54. The molecule has 0 aliphatic heterocycles. The number of hydrogen-bond donors (Lipinski definition) is 1. The van der Waals surface area contributed by atoms with Gasteiger partial charge in [-0.3, -0.25) is 9.59 Å². The van der Waals surface area contributed by atoms with Crippen LogP contribution in [0.4, 0.5) is 10.1 Å². The molecular formula is C21H15FN4O4S. The Balaban J connectivity index is 1.44. The Morgan fingerprint density at radius 2 is 1.90 bits per heavy atom. The van der Waals surface area contributed by atoms with Gasteiger partial charge in [-0.1, -0.05) is 23.5 Å². The lowest BCUT2D eigenvalue weighted by Crippen LogP contribution is -2.16. The molecule has 2 aromatic carbocycles. The van der Waals surface area contributed by atoms with Crippen LogP contribution in [0.3, 0.4) is 0 Å². The molecule has 8 nitrogen and oxygen atoms in total. The molecule has 0 radical (unpaired) electrons. The first kappa shape index (κ1) is 20.4. The third kappa shape index (κ3) is 4.64. The number of ether oxygens (including phenoxy) is 1. The monoisotopic (exact) mass is 438 g/mol. The van der Waals surface area contributed by atoms with Crippen molar-refractivity contribution in [2.45, 2.75) is 13.5 Å². The number of nitrogens with zero attached hydrogens (tertiary/aromatic N) is 3. The quantitative estimate of drug-likeness (QED) is 0.480. The van der Waals surface area contributed by atoms with Gasteiger partial charge in [0.25, 0.3) is 11.5 Å². The molecule has 0 aliphatic rings. The number of rotatable bonds is 5. The summed E-state index contributed by atoms with van der Waals surface area (Å²) in [5.74, 6) is -1.68. The number of carbonyl (C=O) groups is 2. The number of hydrogen-bond acceptors (Lipinski definition) is 7. The van der Waals surface area contributed by atoms with E-state index in [2.05, 4.69) is 15.4 Å². The lowest BCUT2D eigenvalue weighted by Gasteiger charge is -2.08. The van der Waals surface area contributed by atoms with E-state index in [0.717, 1.165) is 6.07 Å². The van der Waals surface area contributed by atoms with E-state index in [4.69, 9.17) is 4.74 Å². The second kappa shape index (κ2) is 8.44. The van der Waals surface area contributed by atoms with Gasteiger partial charge in [-0.15, -0.1) is 0 Å². The van der Waals surface area contributed by atoms with Crippen LogP contribution in [0, 0.1) is 12.7 Å². The van der Waals surface area contributed by atoms with Crippen molar-refractivity contribution in [1.29, 1.82) is 0 Å². The molecule has 0 saturated carbocycles. The topological polar surface area (TPSA) is 103 Å². The lowest BCUT2D eigenvalue weighted by atomic mass is 10.1. The van der Waals surface area contributed by atoms with Gasteiger partial charge in [-0.05, 0) is 43.3 Å². The molecule has 0 aliphatic carbocycles. The third-order valence-electron chi connectivity index (χ3n) is 4.19. The fourth-order valence-corrected chi connectivity index (χ4v) is 3.57. The van der Waals surface area contributed by atoms with Crippen LogP contribution >= 0.6 is 11.3 Å². The highest BCUT2D eigenvalue weighted by Crippen LogP contribution is 2.15. The highest BCUT2D eigenvalue weighted by atomic mass is 32.1. The van der Waals surface area contributed by atoms with Crippen LogP contribution in [0.25, 0.3) is 4.96 Å². The minimum absolute atomic E-state index is 0.152. The molecule has 0 spiro atoms. The first-order chi connectivity index (χ1) is 14.9. The predicted molar refractivity (Wildman–Crippen MR) is 112 cm³/mol. The summed E-state index contributed by atoms with van der Waals surface area (Å²) in [5.41, 5.74) is 0.643. The molecule has 0 bridgehead atoms. The fourth-order valence-electron chi connectivity index (χ4n) is 2.81. The van der Waals surface area contributed by atoms with E-state index in [1.807, 2.05) is 0 Å². The van der Waals surface area contributed by atoms with Gasteiger partial charge < -0.3 is 10.1 Å². The molecular weight excluding hydrogens is 423 g/mol. The van der Waals surface area contributed by atoms with Crippen LogP contribution in [0.2, 0.25) is 0 Å². The molecule has 0 fully saturated rings. The summed E-state index contributed by atoms with van der Waals surface area (Å²) in [4.78, 5) is 41.4. The van der Waals surface area contributed by atoms with Crippen molar-refractivity contribution >= 4 is 33.9 Å². The van der Waals surface area contributed by atoms with Gasteiger partial charge in [0.15, 0.2) is 0 Å². The van der Waals surface area contributed by atoms with Gasteiger partial charge in [0.05, 0.1) is 11.3 Å². The Bertz CT molecular complexity index is 1370. The van der Waals surface area contributed by atoms with Gasteiger partial charge in [0.2, 0.25) is 4.96 Å². The van der Waals surface area contributed by atoms with Crippen LogP contribution in [0.15, 0.2) is 59.4 Å². The Morgan fingerprint density at radius 3 is 2.71 bits per heavy atom. The second-order valence-corrected chi connectivity index (χ2v) is 7.68. The fraction of sp³-hybridized carbons (Fsp3) is 0.0952. The van der Waals surface area contributed by atoms with E-state index in [9.17, 15) is 18.8 Å². The van der Waals surface area contributed by atoms with E-state index >= 15 is 0 Å². The van der Waals surface area contributed by atoms with Crippen LogP contribution in [-0.2, 0) is 11.3 Å². The number of fused-ring (bicyclic) bond motifs is 1.